The highest BCUT2D eigenvalue weighted by molar-refractivity contribution is 5.88. The Morgan fingerprint density at radius 1 is 1.25 bits per heavy atom. The molecule has 0 spiro atoms. The van der Waals surface area contributed by atoms with Gasteiger partial charge >= 0.3 is 0 Å². The third kappa shape index (κ3) is 2.68. The zero-order chi connectivity index (χ0) is 13.9. The minimum atomic E-state index is -0.290. The van der Waals surface area contributed by atoms with Crippen molar-refractivity contribution in [2.45, 2.75) is 24.9 Å². The fourth-order valence-electron chi connectivity index (χ4n) is 2.55. The van der Waals surface area contributed by atoms with Gasteiger partial charge in [0.25, 0.3) is 0 Å². The fraction of sp³-hybridized carbons (Fsp3) is 0.429. The van der Waals surface area contributed by atoms with Crippen LogP contribution in [0.1, 0.15) is 12.8 Å². The number of nitrogens with one attached hydrogen (secondary N) is 4. The van der Waals surface area contributed by atoms with Gasteiger partial charge in [0, 0.05) is 25.6 Å². The number of anilines is 2. The summed E-state index contributed by atoms with van der Waals surface area (Å²) in [6.07, 6.45) is 1.34. The van der Waals surface area contributed by atoms with Crippen LogP contribution in [0.3, 0.4) is 0 Å². The first-order chi connectivity index (χ1) is 9.72. The molecule has 4 N–H and O–H groups in total. The van der Waals surface area contributed by atoms with E-state index in [0.717, 1.165) is 17.8 Å². The highest BCUT2D eigenvalue weighted by Gasteiger charge is 2.25. The molecular formula is C14H18N4O2. The van der Waals surface area contributed by atoms with Crippen LogP contribution in [0, 0.1) is 0 Å². The minimum absolute atomic E-state index is 0.0480. The van der Waals surface area contributed by atoms with Crippen molar-refractivity contribution in [2.75, 3.05) is 23.7 Å². The first-order valence-electron chi connectivity index (χ1n) is 6.89. The Labute approximate surface area is 117 Å². The van der Waals surface area contributed by atoms with Gasteiger partial charge in [-0.3, -0.25) is 9.59 Å². The molecule has 6 heteroatoms. The maximum atomic E-state index is 12.1. The van der Waals surface area contributed by atoms with Gasteiger partial charge in [0.1, 0.15) is 6.04 Å². The highest BCUT2D eigenvalue weighted by Crippen LogP contribution is 2.25. The number of amides is 2. The Morgan fingerprint density at radius 3 is 2.80 bits per heavy atom. The maximum absolute atomic E-state index is 12.1. The van der Waals surface area contributed by atoms with Crippen LogP contribution in [0.5, 0.6) is 0 Å². The number of hydrogen-bond acceptors (Lipinski definition) is 4. The normalized spacial score (nSPS) is 24.1. The molecule has 0 saturated carbocycles. The average Bonchev–Trinajstić information content (AvgIpc) is 2.90. The number of carbonyl (C=O) groups is 2. The van der Waals surface area contributed by atoms with Crippen molar-refractivity contribution in [2.24, 2.45) is 0 Å². The molecule has 1 saturated heterocycles. The molecular weight excluding hydrogens is 256 g/mol. The summed E-state index contributed by atoms with van der Waals surface area (Å²) in [5.41, 5.74) is 1.95. The van der Waals surface area contributed by atoms with Crippen molar-refractivity contribution < 1.29 is 9.59 Å². The van der Waals surface area contributed by atoms with Crippen LogP contribution < -0.4 is 21.3 Å². The van der Waals surface area contributed by atoms with Crippen LogP contribution in [0.4, 0.5) is 11.4 Å². The molecule has 2 atom stereocenters. The number of benzene rings is 1. The monoisotopic (exact) mass is 274 g/mol. The number of hydrogen-bond donors (Lipinski definition) is 4. The zero-order valence-corrected chi connectivity index (χ0v) is 11.1. The van der Waals surface area contributed by atoms with Crippen LogP contribution in [0.25, 0.3) is 0 Å². The van der Waals surface area contributed by atoms with Gasteiger partial charge in [-0.1, -0.05) is 12.1 Å². The van der Waals surface area contributed by atoms with E-state index in [-0.39, 0.29) is 23.9 Å². The topological polar surface area (TPSA) is 82.3 Å². The summed E-state index contributed by atoms with van der Waals surface area (Å²) in [6, 6.07) is 7.58. The van der Waals surface area contributed by atoms with E-state index in [1.165, 1.54) is 0 Å². The molecule has 0 radical (unpaired) electrons. The second kappa shape index (κ2) is 5.40. The lowest BCUT2D eigenvalue weighted by Crippen LogP contribution is -2.49. The molecule has 2 heterocycles. The quantitative estimate of drug-likeness (QED) is 0.638. The van der Waals surface area contributed by atoms with Gasteiger partial charge in [-0.15, -0.1) is 0 Å². The summed E-state index contributed by atoms with van der Waals surface area (Å²) in [5, 5.41) is 12.2. The van der Waals surface area contributed by atoms with Crippen molar-refractivity contribution in [3.8, 4) is 0 Å². The molecule has 2 amide bonds. The number of rotatable bonds is 3. The third-order valence-electron chi connectivity index (χ3n) is 3.68. The van der Waals surface area contributed by atoms with Gasteiger partial charge in [0.05, 0.1) is 11.4 Å². The number of para-hydroxylation sites is 2. The van der Waals surface area contributed by atoms with Crippen molar-refractivity contribution in [1.29, 1.82) is 0 Å². The summed E-state index contributed by atoms with van der Waals surface area (Å²) < 4.78 is 0. The lowest BCUT2D eigenvalue weighted by molar-refractivity contribution is -0.122. The molecule has 0 aliphatic carbocycles. The van der Waals surface area contributed by atoms with Crippen LogP contribution in [-0.2, 0) is 9.59 Å². The van der Waals surface area contributed by atoms with E-state index >= 15 is 0 Å². The summed E-state index contributed by atoms with van der Waals surface area (Å²) >= 11 is 0. The zero-order valence-electron chi connectivity index (χ0n) is 11.1. The molecule has 20 heavy (non-hydrogen) atoms. The number of fused-ring (bicyclic) bond motifs is 1. The Morgan fingerprint density at radius 2 is 2.05 bits per heavy atom. The smallest absolute Gasteiger partial charge is 0.244 e. The molecule has 1 aromatic rings. The van der Waals surface area contributed by atoms with E-state index in [1.54, 1.807) is 0 Å². The van der Waals surface area contributed by atoms with Crippen LogP contribution in [-0.4, -0.2) is 37.0 Å². The van der Waals surface area contributed by atoms with Crippen LogP contribution >= 0.6 is 0 Å². The highest BCUT2D eigenvalue weighted by atomic mass is 16.2. The standard InChI is InChI=1S/C14H18N4O2/c19-13-6-5-9(17-13)7-16-14(20)12-8-15-10-3-1-2-4-11(10)18-12/h1-4,9,12,15,18H,5-8H2,(H,16,20)(H,17,19). The van der Waals surface area contributed by atoms with Crippen LogP contribution in [0.15, 0.2) is 24.3 Å². The lowest BCUT2D eigenvalue weighted by Gasteiger charge is -2.27. The minimum Gasteiger partial charge on any atom is -0.381 e. The molecule has 2 unspecified atom stereocenters. The second-order valence-electron chi connectivity index (χ2n) is 5.17. The van der Waals surface area contributed by atoms with E-state index < -0.39 is 0 Å². The Hall–Kier alpha value is -2.24. The maximum Gasteiger partial charge on any atom is 0.244 e. The first-order valence-corrected chi connectivity index (χ1v) is 6.89. The summed E-state index contributed by atoms with van der Waals surface area (Å²) in [5.74, 6) is 0.0174. The van der Waals surface area contributed by atoms with E-state index in [1.807, 2.05) is 24.3 Å². The fourth-order valence-corrected chi connectivity index (χ4v) is 2.55. The summed E-state index contributed by atoms with van der Waals surface area (Å²) in [6.45, 7) is 1.05. The molecule has 2 aliphatic rings. The van der Waals surface area contributed by atoms with Crippen molar-refractivity contribution in [1.82, 2.24) is 10.6 Å². The largest absolute Gasteiger partial charge is 0.381 e. The molecule has 0 aromatic heterocycles. The molecule has 1 fully saturated rings. The average molecular weight is 274 g/mol. The van der Waals surface area contributed by atoms with E-state index in [9.17, 15) is 9.59 Å². The van der Waals surface area contributed by atoms with Gasteiger partial charge in [-0.25, -0.2) is 0 Å². The van der Waals surface area contributed by atoms with Crippen molar-refractivity contribution in [3.63, 3.8) is 0 Å². The molecule has 0 bridgehead atoms. The lowest BCUT2D eigenvalue weighted by atomic mass is 10.1. The SMILES string of the molecule is O=C1CCC(CNC(=O)C2CNc3ccccc3N2)N1. The van der Waals surface area contributed by atoms with Gasteiger partial charge < -0.3 is 21.3 Å². The second-order valence-corrected chi connectivity index (χ2v) is 5.17. The van der Waals surface area contributed by atoms with Crippen molar-refractivity contribution in [3.05, 3.63) is 24.3 Å². The molecule has 2 aliphatic heterocycles. The summed E-state index contributed by atoms with van der Waals surface area (Å²) in [7, 11) is 0. The van der Waals surface area contributed by atoms with E-state index in [2.05, 4.69) is 21.3 Å². The third-order valence-corrected chi connectivity index (χ3v) is 3.68. The Bertz CT molecular complexity index is 532. The predicted molar refractivity (Wildman–Crippen MR) is 76.5 cm³/mol. The van der Waals surface area contributed by atoms with Crippen molar-refractivity contribution >= 4 is 23.2 Å². The van der Waals surface area contributed by atoms with Gasteiger partial charge in [-0.05, 0) is 18.6 Å². The molecule has 1 aromatic carbocycles. The predicted octanol–water partition coefficient (Wildman–Crippen LogP) is 0.287. The van der Waals surface area contributed by atoms with Gasteiger partial charge in [0.2, 0.25) is 11.8 Å². The summed E-state index contributed by atoms with van der Waals surface area (Å²) in [4.78, 5) is 23.2. The van der Waals surface area contributed by atoms with Gasteiger partial charge in [-0.2, -0.15) is 0 Å². The molecule has 106 valence electrons. The van der Waals surface area contributed by atoms with Crippen LogP contribution in [0.2, 0.25) is 0 Å². The Balaban J connectivity index is 1.52. The molecule has 6 nitrogen and oxygen atoms in total. The number of carbonyl (C=O) groups excluding carboxylic acids is 2. The van der Waals surface area contributed by atoms with E-state index in [0.29, 0.717) is 19.5 Å². The first kappa shape index (κ1) is 12.8. The van der Waals surface area contributed by atoms with Gasteiger partial charge in [0.15, 0.2) is 0 Å². The molecule has 3 rings (SSSR count). The van der Waals surface area contributed by atoms with E-state index in [4.69, 9.17) is 0 Å². The Kier molecular flexibility index (Phi) is 3.45.